The molecule has 0 radical (unpaired) electrons. The Morgan fingerprint density at radius 1 is 1.31 bits per heavy atom. The molecule has 1 aromatic rings. The summed E-state index contributed by atoms with van der Waals surface area (Å²) in [4.78, 5) is 10.8. The number of benzene rings is 1. The average Bonchev–Trinajstić information content (AvgIpc) is 2.15. The summed E-state index contributed by atoms with van der Waals surface area (Å²) < 4.78 is 25.1. The van der Waals surface area contributed by atoms with Crippen LogP contribution in [0.4, 0.5) is 14.5 Å². The number of hydrogen-bond acceptors (Lipinski definition) is 2. The SMILES string of the molecule is CC(=O)Nc1cc(C(C)N)cc(C(F)F)c1. The number of amides is 1. The standard InChI is InChI=1S/C11H14F2N2O/c1-6(14)8-3-9(11(12)13)5-10(4-8)15-7(2)16/h3-6,11H,14H2,1-2H3,(H,15,16). The summed E-state index contributed by atoms with van der Waals surface area (Å²) in [6, 6.07) is 3.84. The molecule has 1 rings (SSSR count). The van der Waals surface area contributed by atoms with Gasteiger partial charge in [0.15, 0.2) is 0 Å². The minimum atomic E-state index is -2.58. The summed E-state index contributed by atoms with van der Waals surface area (Å²) in [5.74, 6) is -0.304. The van der Waals surface area contributed by atoms with Crippen LogP contribution in [-0.2, 0) is 4.79 Å². The first-order valence-electron chi connectivity index (χ1n) is 4.86. The van der Waals surface area contributed by atoms with Crippen molar-refractivity contribution in [3.63, 3.8) is 0 Å². The average molecular weight is 228 g/mol. The van der Waals surface area contributed by atoms with Gasteiger partial charge in [-0.1, -0.05) is 0 Å². The molecule has 0 heterocycles. The van der Waals surface area contributed by atoms with E-state index in [1.165, 1.54) is 19.1 Å². The Hall–Kier alpha value is -1.49. The number of hydrogen-bond donors (Lipinski definition) is 2. The second-order valence-corrected chi connectivity index (χ2v) is 3.66. The first-order valence-corrected chi connectivity index (χ1v) is 4.86. The molecule has 0 aromatic heterocycles. The highest BCUT2D eigenvalue weighted by Crippen LogP contribution is 2.26. The molecule has 0 saturated carbocycles. The number of nitrogens with one attached hydrogen (secondary N) is 1. The normalized spacial score (nSPS) is 12.6. The fourth-order valence-corrected chi connectivity index (χ4v) is 1.34. The maximum atomic E-state index is 12.6. The fourth-order valence-electron chi connectivity index (χ4n) is 1.34. The number of anilines is 1. The quantitative estimate of drug-likeness (QED) is 0.835. The highest BCUT2D eigenvalue weighted by atomic mass is 19.3. The molecule has 3 nitrogen and oxygen atoms in total. The van der Waals surface area contributed by atoms with E-state index in [1.807, 2.05) is 0 Å². The molecule has 88 valence electrons. The molecular weight excluding hydrogens is 214 g/mol. The summed E-state index contributed by atoms with van der Waals surface area (Å²) in [5.41, 5.74) is 6.40. The highest BCUT2D eigenvalue weighted by Gasteiger charge is 2.12. The highest BCUT2D eigenvalue weighted by molar-refractivity contribution is 5.88. The van der Waals surface area contributed by atoms with Crippen LogP contribution in [0.1, 0.15) is 37.4 Å². The smallest absolute Gasteiger partial charge is 0.263 e. The van der Waals surface area contributed by atoms with E-state index in [2.05, 4.69) is 5.32 Å². The third kappa shape index (κ3) is 3.27. The second-order valence-electron chi connectivity index (χ2n) is 3.66. The van der Waals surface area contributed by atoms with Crippen LogP contribution in [0.2, 0.25) is 0 Å². The van der Waals surface area contributed by atoms with Gasteiger partial charge in [0.1, 0.15) is 0 Å². The summed E-state index contributed by atoms with van der Waals surface area (Å²) in [5, 5.41) is 2.47. The lowest BCUT2D eigenvalue weighted by atomic mass is 10.0. The van der Waals surface area contributed by atoms with Crippen LogP contribution in [0.25, 0.3) is 0 Å². The van der Waals surface area contributed by atoms with Crippen LogP contribution in [0.3, 0.4) is 0 Å². The van der Waals surface area contributed by atoms with Crippen LogP contribution < -0.4 is 11.1 Å². The Kier molecular flexibility index (Phi) is 3.95. The van der Waals surface area contributed by atoms with Crippen molar-refractivity contribution in [2.24, 2.45) is 5.73 Å². The number of nitrogens with two attached hydrogens (primary N) is 1. The van der Waals surface area contributed by atoms with Gasteiger partial charge < -0.3 is 11.1 Å². The molecule has 1 aromatic carbocycles. The Morgan fingerprint density at radius 3 is 2.31 bits per heavy atom. The summed E-state index contributed by atoms with van der Waals surface area (Å²) in [6.45, 7) is 3.02. The van der Waals surface area contributed by atoms with Gasteiger partial charge in [-0.3, -0.25) is 4.79 Å². The predicted molar refractivity (Wildman–Crippen MR) is 58.3 cm³/mol. The van der Waals surface area contributed by atoms with Gasteiger partial charge in [-0.15, -0.1) is 0 Å². The number of carbonyl (C=O) groups excluding carboxylic acids is 1. The van der Waals surface area contributed by atoms with Crippen LogP contribution >= 0.6 is 0 Å². The molecular formula is C11H14F2N2O. The van der Waals surface area contributed by atoms with Crippen LogP contribution in [0.15, 0.2) is 18.2 Å². The van der Waals surface area contributed by atoms with Crippen LogP contribution in [0, 0.1) is 0 Å². The molecule has 1 amide bonds. The zero-order valence-corrected chi connectivity index (χ0v) is 9.13. The minimum absolute atomic E-state index is 0.140. The molecule has 0 spiro atoms. The molecule has 0 saturated heterocycles. The molecule has 1 atom stereocenters. The van der Waals surface area contributed by atoms with Crippen molar-refractivity contribution in [1.29, 1.82) is 0 Å². The van der Waals surface area contributed by atoms with Gasteiger partial charge in [0.2, 0.25) is 5.91 Å². The molecule has 0 aliphatic rings. The van der Waals surface area contributed by atoms with Crippen molar-refractivity contribution in [2.45, 2.75) is 26.3 Å². The predicted octanol–water partition coefficient (Wildman–Crippen LogP) is 2.60. The van der Waals surface area contributed by atoms with Crippen molar-refractivity contribution in [3.05, 3.63) is 29.3 Å². The lowest BCUT2D eigenvalue weighted by Gasteiger charge is -2.12. The molecule has 0 fully saturated rings. The lowest BCUT2D eigenvalue weighted by molar-refractivity contribution is -0.114. The van der Waals surface area contributed by atoms with Crippen LogP contribution in [-0.4, -0.2) is 5.91 Å². The first kappa shape index (κ1) is 12.6. The van der Waals surface area contributed by atoms with E-state index in [0.29, 0.717) is 11.3 Å². The monoisotopic (exact) mass is 228 g/mol. The number of halogens is 2. The van der Waals surface area contributed by atoms with Gasteiger partial charge in [0, 0.05) is 24.2 Å². The maximum absolute atomic E-state index is 12.6. The summed E-state index contributed by atoms with van der Waals surface area (Å²) in [6.07, 6.45) is -2.58. The van der Waals surface area contributed by atoms with Gasteiger partial charge in [0.25, 0.3) is 6.43 Å². The van der Waals surface area contributed by atoms with Crippen molar-refractivity contribution >= 4 is 11.6 Å². The van der Waals surface area contributed by atoms with Gasteiger partial charge in [-0.2, -0.15) is 0 Å². The molecule has 1 unspecified atom stereocenters. The number of carbonyl (C=O) groups is 1. The minimum Gasteiger partial charge on any atom is -0.326 e. The Bertz CT molecular complexity index is 365. The first-order chi connectivity index (χ1) is 7.40. The third-order valence-electron chi connectivity index (χ3n) is 2.08. The van der Waals surface area contributed by atoms with Crippen molar-refractivity contribution < 1.29 is 13.6 Å². The van der Waals surface area contributed by atoms with E-state index in [0.717, 1.165) is 0 Å². The molecule has 16 heavy (non-hydrogen) atoms. The van der Waals surface area contributed by atoms with E-state index < -0.39 is 6.43 Å². The van der Waals surface area contributed by atoms with E-state index in [9.17, 15) is 13.6 Å². The zero-order chi connectivity index (χ0) is 12.3. The van der Waals surface area contributed by atoms with E-state index >= 15 is 0 Å². The molecule has 0 aliphatic heterocycles. The molecule has 5 heteroatoms. The van der Waals surface area contributed by atoms with Gasteiger partial charge in [-0.25, -0.2) is 8.78 Å². The molecule has 0 aliphatic carbocycles. The summed E-state index contributed by atoms with van der Waals surface area (Å²) in [7, 11) is 0. The third-order valence-corrected chi connectivity index (χ3v) is 2.08. The second kappa shape index (κ2) is 5.03. The lowest BCUT2D eigenvalue weighted by Crippen LogP contribution is -2.10. The van der Waals surface area contributed by atoms with Gasteiger partial charge >= 0.3 is 0 Å². The number of rotatable bonds is 3. The van der Waals surface area contributed by atoms with E-state index in [4.69, 9.17) is 5.73 Å². The van der Waals surface area contributed by atoms with Crippen molar-refractivity contribution in [1.82, 2.24) is 0 Å². The summed E-state index contributed by atoms with van der Waals surface area (Å²) >= 11 is 0. The largest absolute Gasteiger partial charge is 0.326 e. The Morgan fingerprint density at radius 2 is 1.88 bits per heavy atom. The van der Waals surface area contributed by atoms with Gasteiger partial charge in [0.05, 0.1) is 0 Å². The van der Waals surface area contributed by atoms with Gasteiger partial charge in [-0.05, 0) is 30.7 Å². The molecule has 0 bridgehead atoms. The molecule has 3 N–H and O–H groups in total. The zero-order valence-electron chi connectivity index (χ0n) is 9.13. The van der Waals surface area contributed by atoms with E-state index in [-0.39, 0.29) is 17.5 Å². The topological polar surface area (TPSA) is 55.1 Å². The van der Waals surface area contributed by atoms with Crippen LogP contribution in [0.5, 0.6) is 0 Å². The maximum Gasteiger partial charge on any atom is 0.263 e. The Labute approximate surface area is 92.6 Å². The number of alkyl halides is 2. The van der Waals surface area contributed by atoms with Crippen molar-refractivity contribution in [2.75, 3.05) is 5.32 Å². The van der Waals surface area contributed by atoms with E-state index in [1.54, 1.807) is 13.0 Å². The van der Waals surface area contributed by atoms with Crippen molar-refractivity contribution in [3.8, 4) is 0 Å². The Balaban J connectivity index is 3.13. The fraction of sp³-hybridized carbons (Fsp3) is 0.364.